The number of nitrogens with zero attached hydrogens (tertiary/aromatic N) is 3. The van der Waals surface area contributed by atoms with Crippen molar-refractivity contribution in [2.45, 2.75) is 26.0 Å². The van der Waals surface area contributed by atoms with Crippen LogP contribution in [-0.4, -0.2) is 33.2 Å². The van der Waals surface area contributed by atoms with Gasteiger partial charge in [0, 0.05) is 13.7 Å². The summed E-state index contributed by atoms with van der Waals surface area (Å²) >= 11 is 0. The van der Waals surface area contributed by atoms with Crippen LogP contribution in [0.15, 0.2) is 0 Å². The number of rotatable bonds is 5. The van der Waals surface area contributed by atoms with E-state index in [0.29, 0.717) is 11.6 Å². The van der Waals surface area contributed by atoms with Crippen molar-refractivity contribution in [3.8, 4) is 0 Å². The lowest BCUT2D eigenvalue weighted by molar-refractivity contribution is 0.0684. The first kappa shape index (κ1) is 10.1. The molecular formula is C9H13N3O3. The van der Waals surface area contributed by atoms with E-state index in [9.17, 15) is 4.79 Å². The molecule has 1 aliphatic carbocycles. The predicted octanol–water partition coefficient (Wildman–Crippen LogP) is 0.533. The Bertz CT molecular complexity index is 371. The molecule has 0 aromatic carbocycles. The van der Waals surface area contributed by atoms with Crippen molar-refractivity contribution in [1.29, 1.82) is 0 Å². The summed E-state index contributed by atoms with van der Waals surface area (Å²) in [4.78, 5) is 10.8. The van der Waals surface area contributed by atoms with Gasteiger partial charge in [0.15, 0.2) is 5.69 Å². The Morgan fingerprint density at radius 1 is 1.67 bits per heavy atom. The van der Waals surface area contributed by atoms with Crippen molar-refractivity contribution in [3.05, 3.63) is 11.4 Å². The molecule has 0 atom stereocenters. The summed E-state index contributed by atoms with van der Waals surface area (Å²) < 4.78 is 6.60. The number of carboxylic acids is 1. The number of hydrogen-bond donors (Lipinski definition) is 1. The lowest BCUT2D eigenvalue weighted by Gasteiger charge is -2.04. The molecule has 0 unspecified atom stereocenters. The van der Waals surface area contributed by atoms with E-state index in [-0.39, 0.29) is 12.3 Å². The van der Waals surface area contributed by atoms with Gasteiger partial charge in [-0.3, -0.25) is 0 Å². The van der Waals surface area contributed by atoms with Gasteiger partial charge in [0.2, 0.25) is 0 Å². The Morgan fingerprint density at radius 2 is 2.40 bits per heavy atom. The maximum atomic E-state index is 10.8. The second kappa shape index (κ2) is 3.98. The van der Waals surface area contributed by atoms with E-state index in [1.165, 1.54) is 20.0 Å². The molecular weight excluding hydrogens is 198 g/mol. The second-order valence-electron chi connectivity index (χ2n) is 3.75. The maximum absolute atomic E-state index is 10.8. The summed E-state index contributed by atoms with van der Waals surface area (Å²) in [6.07, 6.45) is 2.38. The first-order chi connectivity index (χ1) is 7.22. The minimum Gasteiger partial charge on any atom is -0.476 e. The summed E-state index contributed by atoms with van der Waals surface area (Å²) in [7, 11) is 1.53. The summed E-state index contributed by atoms with van der Waals surface area (Å²) in [6.45, 7) is 0.986. The average Bonchev–Trinajstić information content (AvgIpc) is 2.90. The van der Waals surface area contributed by atoms with Crippen molar-refractivity contribution in [2.24, 2.45) is 5.92 Å². The maximum Gasteiger partial charge on any atom is 0.358 e. The van der Waals surface area contributed by atoms with E-state index >= 15 is 0 Å². The zero-order chi connectivity index (χ0) is 10.8. The van der Waals surface area contributed by atoms with Crippen LogP contribution in [0.25, 0.3) is 0 Å². The number of ether oxygens (including phenoxy) is 1. The summed E-state index contributed by atoms with van der Waals surface area (Å²) in [5.74, 6) is -0.423. The van der Waals surface area contributed by atoms with Gasteiger partial charge in [-0.05, 0) is 18.8 Å². The smallest absolute Gasteiger partial charge is 0.358 e. The normalized spacial score (nSPS) is 15.5. The van der Waals surface area contributed by atoms with Crippen molar-refractivity contribution >= 4 is 5.97 Å². The molecule has 1 aromatic rings. The SMILES string of the molecule is COCc1c(C(=O)O)nnn1CC1CC1. The fourth-order valence-electron chi connectivity index (χ4n) is 1.47. The lowest BCUT2D eigenvalue weighted by Crippen LogP contribution is -2.10. The second-order valence-corrected chi connectivity index (χ2v) is 3.75. The van der Waals surface area contributed by atoms with Gasteiger partial charge in [-0.1, -0.05) is 5.21 Å². The van der Waals surface area contributed by atoms with E-state index in [0.717, 1.165) is 6.54 Å². The molecule has 1 fully saturated rings. The standard InChI is InChI=1S/C9H13N3O3/c1-15-5-7-8(9(13)14)10-11-12(7)4-6-2-3-6/h6H,2-5H2,1H3,(H,13,14). The molecule has 1 aliphatic rings. The highest BCUT2D eigenvalue weighted by molar-refractivity contribution is 5.86. The van der Waals surface area contributed by atoms with Gasteiger partial charge in [-0.2, -0.15) is 0 Å². The topological polar surface area (TPSA) is 77.2 Å². The van der Waals surface area contributed by atoms with E-state index in [1.807, 2.05) is 0 Å². The van der Waals surface area contributed by atoms with Crippen LogP contribution in [0.1, 0.15) is 29.0 Å². The van der Waals surface area contributed by atoms with Crippen molar-refractivity contribution in [2.75, 3.05) is 7.11 Å². The molecule has 1 heterocycles. The number of hydrogen-bond acceptors (Lipinski definition) is 4. The highest BCUT2D eigenvalue weighted by Crippen LogP contribution is 2.30. The number of aromatic carboxylic acids is 1. The Morgan fingerprint density at radius 3 is 2.93 bits per heavy atom. The first-order valence-electron chi connectivity index (χ1n) is 4.87. The van der Waals surface area contributed by atoms with Crippen LogP contribution in [0.3, 0.4) is 0 Å². The fraction of sp³-hybridized carbons (Fsp3) is 0.667. The van der Waals surface area contributed by atoms with Crippen LogP contribution < -0.4 is 0 Å². The zero-order valence-corrected chi connectivity index (χ0v) is 8.51. The van der Waals surface area contributed by atoms with E-state index in [2.05, 4.69) is 10.3 Å². The third kappa shape index (κ3) is 2.15. The summed E-state index contributed by atoms with van der Waals surface area (Å²) in [6, 6.07) is 0. The van der Waals surface area contributed by atoms with Crippen molar-refractivity contribution < 1.29 is 14.6 Å². The number of methoxy groups -OCH3 is 1. The molecule has 6 heteroatoms. The van der Waals surface area contributed by atoms with Crippen LogP contribution >= 0.6 is 0 Å². The molecule has 0 saturated heterocycles. The van der Waals surface area contributed by atoms with Crippen LogP contribution in [0.4, 0.5) is 0 Å². The summed E-state index contributed by atoms with van der Waals surface area (Å²) in [5, 5.41) is 16.4. The lowest BCUT2D eigenvalue weighted by atomic mass is 10.3. The zero-order valence-electron chi connectivity index (χ0n) is 8.51. The molecule has 0 bridgehead atoms. The van der Waals surface area contributed by atoms with Crippen LogP contribution in [-0.2, 0) is 17.9 Å². The van der Waals surface area contributed by atoms with Gasteiger partial charge in [-0.25, -0.2) is 9.48 Å². The van der Waals surface area contributed by atoms with Crippen molar-refractivity contribution in [1.82, 2.24) is 15.0 Å². The molecule has 15 heavy (non-hydrogen) atoms. The van der Waals surface area contributed by atoms with Crippen LogP contribution in [0, 0.1) is 5.92 Å². The number of carboxylic acid groups (broad SMARTS) is 1. The van der Waals surface area contributed by atoms with Crippen LogP contribution in [0.5, 0.6) is 0 Å². The quantitative estimate of drug-likeness (QED) is 0.768. The molecule has 82 valence electrons. The van der Waals surface area contributed by atoms with Crippen molar-refractivity contribution in [3.63, 3.8) is 0 Å². The van der Waals surface area contributed by atoms with E-state index < -0.39 is 5.97 Å². The largest absolute Gasteiger partial charge is 0.476 e. The fourth-order valence-corrected chi connectivity index (χ4v) is 1.47. The molecule has 6 nitrogen and oxygen atoms in total. The monoisotopic (exact) mass is 211 g/mol. The third-order valence-corrected chi connectivity index (χ3v) is 2.45. The minimum atomic E-state index is -1.05. The molecule has 2 rings (SSSR count). The Hall–Kier alpha value is -1.43. The molecule has 0 aliphatic heterocycles. The van der Waals surface area contributed by atoms with Gasteiger partial charge < -0.3 is 9.84 Å². The van der Waals surface area contributed by atoms with Gasteiger partial charge in [0.05, 0.1) is 12.3 Å². The van der Waals surface area contributed by atoms with Gasteiger partial charge in [0.25, 0.3) is 0 Å². The molecule has 0 amide bonds. The predicted molar refractivity (Wildman–Crippen MR) is 50.4 cm³/mol. The van der Waals surface area contributed by atoms with Gasteiger partial charge in [0.1, 0.15) is 0 Å². The Labute approximate surface area is 86.8 Å². The highest BCUT2D eigenvalue weighted by atomic mass is 16.5. The number of aromatic nitrogens is 3. The minimum absolute atomic E-state index is 0.00231. The molecule has 1 N–H and O–H groups in total. The molecule has 0 radical (unpaired) electrons. The molecule has 1 saturated carbocycles. The summed E-state index contributed by atoms with van der Waals surface area (Å²) in [5.41, 5.74) is 0.550. The van der Waals surface area contributed by atoms with E-state index in [1.54, 1.807) is 4.68 Å². The average molecular weight is 211 g/mol. The highest BCUT2D eigenvalue weighted by Gasteiger charge is 2.26. The molecule has 1 aromatic heterocycles. The first-order valence-corrected chi connectivity index (χ1v) is 4.87. The Balaban J connectivity index is 2.23. The van der Waals surface area contributed by atoms with Gasteiger partial charge >= 0.3 is 5.97 Å². The van der Waals surface area contributed by atoms with Crippen LogP contribution in [0.2, 0.25) is 0 Å². The Kier molecular flexibility index (Phi) is 2.68. The molecule has 0 spiro atoms. The number of carbonyl (C=O) groups is 1. The third-order valence-electron chi connectivity index (χ3n) is 2.45. The van der Waals surface area contributed by atoms with E-state index in [4.69, 9.17) is 9.84 Å². The van der Waals surface area contributed by atoms with Gasteiger partial charge in [-0.15, -0.1) is 5.10 Å².